The predicted molar refractivity (Wildman–Crippen MR) is 73.1 cm³/mol. The van der Waals surface area contributed by atoms with E-state index >= 15 is 0 Å². The summed E-state index contributed by atoms with van der Waals surface area (Å²) in [5.41, 5.74) is 6.93. The van der Waals surface area contributed by atoms with Gasteiger partial charge in [-0.15, -0.1) is 0 Å². The lowest BCUT2D eigenvalue weighted by atomic mass is 10.1. The summed E-state index contributed by atoms with van der Waals surface area (Å²) in [6.07, 6.45) is 0. The van der Waals surface area contributed by atoms with E-state index in [4.69, 9.17) is 20.3 Å². The van der Waals surface area contributed by atoms with Crippen LogP contribution < -0.4 is 15.2 Å². The Labute approximate surface area is 115 Å². The quantitative estimate of drug-likeness (QED) is 0.876. The van der Waals surface area contributed by atoms with Crippen molar-refractivity contribution < 1.29 is 19.4 Å². The van der Waals surface area contributed by atoms with E-state index in [0.29, 0.717) is 22.8 Å². The standard InChI is InChI=1S/C13H15N3O4/c1-16-12(13(17)18)10(14)11(15-16)7-4-8(19-2)6-9(5-7)20-3/h4-6H,14H2,1-3H3,(H,17,18). The van der Waals surface area contributed by atoms with Gasteiger partial charge in [0, 0.05) is 18.7 Å². The zero-order valence-corrected chi connectivity index (χ0v) is 11.4. The lowest BCUT2D eigenvalue weighted by Crippen LogP contribution is -2.07. The molecule has 7 nitrogen and oxygen atoms in total. The summed E-state index contributed by atoms with van der Waals surface area (Å²) in [6, 6.07) is 5.14. The van der Waals surface area contributed by atoms with Crippen LogP contribution in [0.15, 0.2) is 18.2 Å². The molecule has 0 aliphatic heterocycles. The molecule has 106 valence electrons. The molecule has 0 fully saturated rings. The van der Waals surface area contributed by atoms with Gasteiger partial charge < -0.3 is 20.3 Å². The Morgan fingerprint density at radius 1 is 1.25 bits per heavy atom. The Morgan fingerprint density at radius 2 is 1.80 bits per heavy atom. The van der Waals surface area contributed by atoms with Crippen LogP contribution in [-0.4, -0.2) is 35.1 Å². The van der Waals surface area contributed by atoms with Crippen LogP contribution in [0.25, 0.3) is 11.3 Å². The number of rotatable bonds is 4. The molecule has 7 heteroatoms. The van der Waals surface area contributed by atoms with Crippen LogP contribution in [0.3, 0.4) is 0 Å². The van der Waals surface area contributed by atoms with E-state index in [-0.39, 0.29) is 11.4 Å². The molecule has 2 aromatic rings. The minimum absolute atomic E-state index is 0.0539. The van der Waals surface area contributed by atoms with Gasteiger partial charge in [0.1, 0.15) is 17.2 Å². The number of anilines is 1. The smallest absolute Gasteiger partial charge is 0.356 e. The molecule has 0 radical (unpaired) electrons. The first-order valence-corrected chi connectivity index (χ1v) is 5.77. The minimum atomic E-state index is -1.13. The molecule has 0 unspecified atom stereocenters. The van der Waals surface area contributed by atoms with Crippen molar-refractivity contribution in [3.63, 3.8) is 0 Å². The molecule has 1 aromatic heterocycles. The maximum absolute atomic E-state index is 11.1. The molecule has 0 saturated heterocycles. The van der Waals surface area contributed by atoms with Crippen molar-refractivity contribution in [2.45, 2.75) is 0 Å². The van der Waals surface area contributed by atoms with Gasteiger partial charge in [0.2, 0.25) is 0 Å². The number of nitrogens with zero attached hydrogens (tertiary/aromatic N) is 2. The van der Waals surface area contributed by atoms with Crippen molar-refractivity contribution in [1.82, 2.24) is 9.78 Å². The molecule has 1 aromatic carbocycles. The second-order valence-electron chi connectivity index (χ2n) is 4.14. The van der Waals surface area contributed by atoms with Crippen molar-refractivity contribution in [1.29, 1.82) is 0 Å². The first kappa shape index (κ1) is 13.7. The fourth-order valence-electron chi connectivity index (χ4n) is 1.95. The van der Waals surface area contributed by atoms with E-state index in [9.17, 15) is 4.79 Å². The first-order chi connectivity index (χ1) is 9.47. The van der Waals surface area contributed by atoms with Gasteiger partial charge in [-0.05, 0) is 12.1 Å². The molecule has 0 atom stereocenters. The molecule has 0 amide bonds. The van der Waals surface area contributed by atoms with Gasteiger partial charge in [-0.2, -0.15) is 5.10 Å². The zero-order chi connectivity index (χ0) is 14.9. The van der Waals surface area contributed by atoms with Gasteiger partial charge >= 0.3 is 5.97 Å². The molecule has 1 heterocycles. The molecule has 0 aliphatic carbocycles. The maximum atomic E-state index is 11.1. The lowest BCUT2D eigenvalue weighted by Gasteiger charge is -2.07. The predicted octanol–water partition coefficient (Wildman–Crippen LogP) is 1.38. The second kappa shape index (κ2) is 5.12. The number of aromatic nitrogens is 2. The van der Waals surface area contributed by atoms with Crippen LogP contribution in [0.5, 0.6) is 11.5 Å². The number of carboxylic acids is 1. The van der Waals surface area contributed by atoms with Gasteiger partial charge in [0.25, 0.3) is 0 Å². The maximum Gasteiger partial charge on any atom is 0.356 e. The van der Waals surface area contributed by atoms with Crippen LogP contribution >= 0.6 is 0 Å². The summed E-state index contributed by atoms with van der Waals surface area (Å²) in [7, 11) is 4.59. The van der Waals surface area contributed by atoms with E-state index in [0.717, 1.165) is 0 Å². The molecule has 3 N–H and O–H groups in total. The summed E-state index contributed by atoms with van der Waals surface area (Å²) >= 11 is 0. The number of hydrogen-bond donors (Lipinski definition) is 2. The summed E-state index contributed by atoms with van der Waals surface area (Å²) in [6.45, 7) is 0. The number of nitrogens with two attached hydrogens (primary N) is 1. The van der Waals surface area contributed by atoms with Crippen LogP contribution in [-0.2, 0) is 7.05 Å². The summed E-state index contributed by atoms with van der Waals surface area (Å²) in [5, 5.41) is 13.3. The Hall–Kier alpha value is -2.70. The number of benzene rings is 1. The van der Waals surface area contributed by atoms with Gasteiger partial charge in [-0.25, -0.2) is 4.79 Å². The molecule has 0 bridgehead atoms. The van der Waals surface area contributed by atoms with Crippen molar-refractivity contribution in [2.24, 2.45) is 7.05 Å². The third-order valence-electron chi connectivity index (χ3n) is 2.91. The van der Waals surface area contributed by atoms with Gasteiger partial charge in [-0.1, -0.05) is 0 Å². The fourth-order valence-corrected chi connectivity index (χ4v) is 1.95. The monoisotopic (exact) mass is 277 g/mol. The second-order valence-corrected chi connectivity index (χ2v) is 4.14. The zero-order valence-electron chi connectivity index (χ0n) is 11.4. The number of hydrogen-bond acceptors (Lipinski definition) is 5. The van der Waals surface area contributed by atoms with Crippen LogP contribution in [0, 0.1) is 0 Å². The third-order valence-corrected chi connectivity index (χ3v) is 2.91. The number of aryl methyl sites for hydroxylation is 1. The molecule has 0 saturated carbocycles. The number of methoxy groups -OCH3 is 2. The molecular weight excluding hydrogens is 262 g/mol. The highest BCUT2D eigenvalue weighted by Gasteiger charge is 2.21. The van der Waals surface area contributed by atoms with E-state index in [2.05, 4.69) is 5.10 Å². The minimum Gasteiger partial charge on any atom is -0.497 e. The fraction of sp³-hybridized carbons (Fsp3) is 0.231. The van der Waals surface area contributed by atoms with E-state index in [1.165, 1.54) is 25.9 Å². The summed E-state index contributed by atoms with van der Waals surface area (Å²) < 4.78 is 11.6. The normalized spacial score (nSPS) is 10.3. The van der Waals surface area contributed by atoms with Crippen molar-refractivity contribution >= 4 is 11.7 Å². The van der Waals surface area contributed by atoms with Crippen LogP contribution in [0.2, 0.25) is 0 Å². The number of ether oxygens (including phenoxy) is 2. The number of aromatic carboxylic acids is 1. The Kier molecular flexibility index (Phi) is 3.51. The molecule has 20 heavy (non-hydrogen) atoms. The Balaban J connectivity index is 2.62. The highest BCUT2D eigenvalue weighted by atomic mass is 16.5. The van der Waals surface area contributed by atoms with Gasteiger partial charge in [0.15, 0.2) is 5.69 Å². The average Bonchev–Trinajstić information content (AvgIpc) is 2.73. The Morgan fingerprint density at radius 3 is 2.20 bits per heavy atom. The average molecular weight is 277 g/mol. The third kappa shape index (κ3) is 2.25. The number of nitrogen functional groups attached to an aromatic ring is 1. The number of carbonyl (C=O) groups is 1. The van der Waals surface area contributed by atoms with E-state index in [1.807, 2.05) is 0 Å². The molecular formula is C13H15N3O4. The van der Waals surface area contributed by atoms with Crippen LogP contribution in [0.1, 0.15) is 10.5 Å². The molecule has 2 rings (SSSR count). The Bertz CT molecular complexity index is 642. The van der Waals surface area contributed by atoms with Crippen LogP contribution in [0.4, 0.5) is 5.69 Å². The van der Waals surface area contributed by atoms with Gasteiger partial charge in [0.05, 0.1) is 19.9 Å². The van der Waals surface area contributed by atoms with Crippen molar-refractivity contribution in [3.8, 4) is 22.8 Å². The number of carboxylic acid groups (broad SMARTS) is 1. The summed E-state index contributed by atoms with van der Waals surface area (Å²) in [5.74, 6) is 0.0150. The largest absolute Gasteiger partial charge is 0.497 e. The topological polar surface area (TPSA) is 99.6 Å². The van der Waals surface area contributed by atoms with Crippen molar-refractivity contribution in [2.75, 3.05) is 20.0 Å². The highest BCUT2D eigenvalue weighted by Crippen LogP contribution is 2.33. The molecule has 0 spiro atoms. The first-order valence-electron chi connectivity index (χ1n) is 5.77. The SMILES string of the molecule is COc1cc(OC)cc(-c2nn(C)c(C(=O)O)c2N)c1. The van der Waals surface area contributed by atoms with Crippen molar-refractivity contribution in [3.05, 3.63) is 23.9 Å². The lowest BCUT2D eigenvalue weighted by molar-refractivity contribution is 0.0686. The van der Waals surface area contributed by atoms with E-state index < -0.39 is 5.97 Å². The molecule has 0 aliphatic rings. The highest BCUT2D eigenvalue weighted by molar-refractivity contribution is 5.96. The van der Waals surface area contributed by atoms with Gasteiger partial charge in [-0.3, -0.25) is 4.68 Å². The van der Waals surface area contributed by atoms with E-state index in [1.54, 1.807) is 18.2 Å². The summed E-state index contributed by atoms with van der Waals surface area (Å²) in [4.78, 5) is 11.1.